The molecule has 0 aliphatic rings. The van der Waals surface area contributed by atoms with Crippen molar-refractivity contribution in [2.75, 3.05) is 0 Å². The van der Waals surface area contributed by atoms with Gasteiger partial charge >= 0.3 is 0 Å². The molecule has 0 bridgehead atoms. The number of aromatic nitrogens is 3. The second-order valence-corrected chi connectivity index (χ2v) is 5.25. The lowest BCUT2D eigenvalue weighted by molar-refractivity contribution is 0.293. The summed E-state index contributed by atoms with van der Waals surface area (Å²) in [6.45, 7) is 4.23. The summed E-state index contributed by atoms with van der Waals surface area (Å²) in [5.74, 6) is 0.831. The van der Waals surface area contributed by atoms with Gasteiger partial charge in [0.05, 0.1) is 5.69 Å². The van der Waals surface area contributed by atoms with Gasteiger partial charge in [-0.1, -0.05) is 41.6 Å². The van der Waals surface area contributed by atoms with Crippen LogP contribution in [-0.2, 0) is 6.61 Å². The first-order chi connectivity index (χ1) is 11.2. The quantitative estimate of drug-likeness (QED) is 0.741. The summed E-state index contributed by atoms with van der Waals surface area (Å²) in [5, 5.41) is 17.3. The maximum absolute atomic E-state index is 9.26. The van der Waals surface area contributed by atoms with Gasteiger partial charge in [-0.05, 0) is 37.1 Å². The molecule has 0 N–H and O–H groups in total. The number of nitriles is 1. The molecule has 0 unspecified atom stereocenters. The van der Waals surface area contributed by atoms with Crippen LogP contribution in [0.2, 0.25) is 0 Å². The summed E-state index contributed by atoms with van der Waals surface area (Å²) >= 11 is 0. The van der Waals surface area contributed by atoms with Gasteiger partial charge in [0.2, 0.25) is 0 Å². The molecular weight excluding hydrogens is 288 g/mol. The lowest BCUT2D eigenvalue weighted by atomic mass is 10.1. The van der Waals surface area contributed by atoms with E-state index in [1.165, 1.54) is 0 Å². The zero-order chi connectivity index (χ0) is 16.2. The lowest BCUT2D eigenvalue weighted by Gasteiger charge is -2.12. The average molecular weight is 304 g/mol. The van der Waals surface area contributed by atoms with Gasteiger partial charge in [-0.15, -0.1) is 5.10 Å². The summed E-state index contributed by atoms with van der Waals surface area (Å²) in [4.78, 5) is 0. The van der Waals surface area contributed by atoms with Gasteiger partial charge in [-0.2, -0.15) is 5.26 Å². The van der Waals surface area contributed by atoms with Crippen molar-refractivity contribution in [2.24, 2.45) is 0 Å². The van der Waals surface area contributed by atoms with Gasteiger partial charge in [0.25, 0.3) is 0 Å². The van der Waals surface area contributed by atoms with E-state index in [-0.39, 0.29) is 12.3 Å². The number of benzene rings is 2. The third kappa shape index (κ3) is 2.92. The maximum atomic E-state index is 9.26. The SMILES string of the molecule is Cc1cccc(C)c1OCc1c(C#N)nnn1-c1ccccc1. The molecular formula is C18H16N4O. The Labute approximate surface area is 134 Å². The van der Waals surface area contributed by atoms with Crippen LogP contribution in [0.5, 0.6) is 5.75 Å². The first kappa shape index (κ1) is 14.8. The van der Waals surface area contributed by atoms with Gasteiger partial charge in [-0.3, -0.25) is 0 Å². The van der Waals surface area contributed by atoms with Crippen LogP contribution in [-0.4, -0.2) is 15.0 Å². The van der Waals surface area contributed by atoms with Crippen molar-refractivity contribution in [1.82, 2.24) is 15.0 Å². The second kappa shape index (κ2) is 6.32. The highest BCUT2D eigenvalue weighted by molar-refractivity contribution is 5.41. The maximum Gasteiger partial charge on any atom is 0.189 e. The Hall–Kier alpha value is -3.13. The van der Waals surface area contributed by atoms with E-state index in [2.05, 4.69) is 16.4 Å². The summed E-state index contributed by atoms with van der Waals surface area (Å²) in [6, 6.07) is 17.7. The van der Waals surface area contributed by atoms with E-state index in [1.807, 2.05) is 62.4 Å². The molecule has 0 saturated carbocycles. The Morgan fingerprint density at radius 3 is 2.39 bits per heavy atom. The summed E-state index contributed by atoms with van der Waals surface area (Å²) < 4.78 is 7.61. The normalized spacial score (nSPS) is 10.3. The van der Waals surface area contributed by atoms with Gasteiger partial charge in [-0.25, -0.2) is 4.68 Å². The first-order valence-corrected chi connectivity index (χ1v) is 7.30. The molecule has 0 aliphatic heterocycles. The van der Waals surface area contributed by atoms with E-state index < -0.39 is 0 Å². The van der Waals surface area contributed by atoms with Gasteiger partial charge < -0.3 is 4.74 Å². The number of para-hydroxylation sites is 2. The van der Waals surface area contributed by atoms with Crippen molar-refractivity contribution in [2.45, 2.75) is 20.5 Å². The number of hydrogen-bond donors (Lipinski definition) is 0. The molecule has 0 fully saturated rings. The van der Waals surface area contributed by atoms with Gasteiger partial charge in [0.15, 0.2) is 5.69 Å². The van der Waals surface area contributed by atoms with E-state index in [1.54, 1.807) is 4.68 Å². The predicted octanol–water partition coefficient (Wildman–Crippen LogP) is 3.33. The topological polar surface area (TPSA) is 63.7 Å². The summed E-state index contributed by atoms with van der Waals surface area (Å²) in [5.41, 5.74) is 3.88. The third-order valence-electron chi connectivity index (χ3n) is 3.63. The van der Waals surface area contributed by atoms with E-state index in [0.29, 0.717) is 5.69 Å². The van der Waals surface area contributed by atoms with E-state index in [9.17, 15) is 5.26 Å². The minimum atomic E-state index is 0.233. The molecule has 5 heteroatoms. The van der Waals surface area contributed by atoms with Crippen molar-refractivity contribution >= 4 is 0 Å². The van der Waals surface area contributed by atoms with Crippen LogP contribution in [0.3, 0.4) is 0 Å². The molecule has 3 rings (SSSR count). The Kier molecular flexibility index (Phi) is 4.07. The van der Waals surface area contributed by atoms with Crippen molar-refractivity contribution in [3.8, 4) is 17.5 Å². The molecule has 0 aliphatic carbocycles. The molecule has 114 valence electrons. The van der Waals surface area contributed by atoms with Crippen LogP contribution in [0.4, 0.5) is 0 Å². The molecule has 0 radical (unpaired) electrons. The minimum Gasteiger partial charge on any atom is -0.487 e. The van der Waals surface area contributed by atoms with Crippen LogP contribution < -0.4 is 4.74 Å². The predicted molar refractivity (Wildman–Crippen MR) is 86.3 cm³/mol. The number of rotatable bonds is 4. The van der Waals surface area contributed by atoms with Crippen molar-refractivity contribution in [1.29, 1.82) is 5.26 Å². The average Bonchev–Trinajstić information content (AvgIpc) is 2.98. The standard InChI is InChI=1S/C18H16N4O/c1-13-7-6-8-14(2)18(13)23-12-17-16(11-19)20-21-22(17)15-9-4-3-5-10-15/h3-10H,12H2,1-2H3. The largest absolute Gasteiger partial charge is 0.487 e. The summed E-state index contributed by atoms with van der Waals surface area (Å²) in [6.07, 6.45) is 0. The highest BCUT2D eigenvalue weighted by Gasteiger charge is 2.15. The van der Waals surface area contributed by atoms with Crippen molar-refractivity contribution in [3.63, 3.8) is 0 Å². The molecule has 1 heterocycles. The molecule has 0 spiro atoms. The second-order valence-electron chi connectivity index (χ2n) is 5.25. The molecule has 5 nitrogen and oxygen atoms in total. The molecule has 23 heavy (non-hydrogen) atoms. The Balaban J connectivity index is 1.94. The number of hydrogen-bond acceptors (Lipinski definition) is 4. The number of nitrogens with zero attached hydrogens (tertiary/aromatic N) is 4. The molecule has 3 aromatic rings. The lowest BCUT2D eigenvalue weighted by Crippen LogP contribution is -2.08. The monoisotopic (exact) mass is 304 g/mol. The molecule has 1 aromatic heterocycles. The molecule has 0 saturated heterocycles. The minimum absolute atomic E-state index is 0.233. The zero-order valence-corrected chi connectivity index (χ0v) is 13.0. The van der Waals surface area contributed by atoms with Crippen molar-refractivity contribution in [3.05, 3.63) is 71.0 Å². The number of ether oxygens (including phenoxy) is 1. The molecule has 2 aromatic carbocycles. The van der Waals surface area contributed by atoms with Crippen LogP contribution in [0.15, 0.2) is 48.5 Å². The van der Waals surface area contributed by atoms with Gasteiger partial charge in [0, 0.05) is 0 Å². The molecule has 0 amide bonds. The van der Waals surface area contributed by atoms with Crippen molar-refractivity contribution < 1.29 is 4.74 Å². The third-order valence-corrected chi connectivity index (χ3v) is 3.63. The van der Waals surface area contributed by atoms with E-state index in [4.69, 9.17) is 4.74 Å². The Morgan fingerprint density at radius 1 is 1.04 bits per heavy atom. The van der Waals surface area contributed by atoms with Crippen LogP contribution in [0, 0.1) is 25.2 Å². The number of aryl methyl sites for hydroxylation is 2. The van der Waals surface area contributed by atoms with Crippen LogP contribution in [0.25, 0.3) is 5.69 Å². The fourth-order valence-electron chi connectivity index (χ4n) is 2.46. The fraction of sp³-hybridized carbons (Fsp3) is 0.167. The van der Waals surface area contributed by atoms with Gasteiger partial charge in [0.1, 0.15) is 24.1 Å². The summed E-state index contributed by atoms with van der Waals surface area (Å²) in [7, 11) is 0. The Bertz CT molecular complexity index is 842. The highest BCUT2D eigenvalue weighted by atomic mass is 16.5. The van der Waals surface area contributed by atoms with E-state index in [0.717, 1.165) is 22.6 Å². The van der Waals surface area contributed by atoms with Crippen LogP contribution in [0.1, 0.15) is 22.5 Å². The Morgan fingerprint density at radius 2 is 1.74 bits per heavy atom. The first-order valence-electron chi connectivity index (χ1n) is 7.30. The van der Waals surface area contributed by atoms with E-state index >= 15 is 0 Å². The highest BCUT2D eigenvalue weighted by Crippen LogP contribution is 2.24. The van der Waals surface area contributed by atoms with Crippen LogP contribution >= 0.6 is 0 Å². The molecule has 0 atom stereocenters. The fourth-order valence-corrected chi connectivity index (χ4v) is 2.46. The smallest absolute Gasteiger partial charge is 0.189 e. The zero-order valence-electron chi connectivity index (χ0n) is 13.0.